The number of benzene rings is 1. The molecule has 0 amide bonds. The minimum absolute atomic E-state index is 0.0513. The van der Waals surface area contributed by atoms with Crippen LogP contribution < -0.4 is 10.0 Å². The highest BCUT2D eigenvalue weighted by Crippen LogP contribution is 2.26. The van der Waals surface area contributed by atoms with Crippen LogP contribution in [0.3, 0.4) is 0 Å². The molecule has 0 fully saturated rings. The first-order valence-electron chi connectivity index (χ1n) is 5.12. The number of aromatic nitrogens is 1. The quantitative estimate of drug-likeness (QED) is 0.859. The van der Waals surface area contributed by atoms with Crippen molar-refractivity contribution >= 4 is 37.5 Å². The van der Waals surface area contributed by atoms with Crippen molar-refractivity contribution in [2.45, 2.75) is 0 Å². The maximum absolute atomic E-state index is 11.2. The van der Waals surface area contributed by atoms with Crippen LogP contribution in [0, 0.1) is 0 Å². The molecule has 0 atom stereocenters. The lowest BCUT2D eigenvalue weighted by atomic mass is 10.2. The summed E-state index contributed by atoms with van der Waals surface area (Å²) in [5.74, 6) is 0.0513. The summed E-state index contributed by atoms with van der Waals surface area (Å²) in [7, 11) is -1.74. The van der Waals surface area contributed by atoms with Crippen molar-refractivity contribution in [3.63, 3.8) is 0 Å². The van der Waals surface area contributed by atoms with E-state index in [1.165, 1.54) is 18.6 Å². The fraction of sp³-hybridized carbons (Fsp3) is 0.300. The van der Waals surface area contributed by atoms with E-state index in [-0.39, 0.29) is 5.75 Å². The molecule has 0 aliphatic rings. The third kappa shape index (κ3) is 2.93. The van der Waals surface area contributed by atoms with Crippen LogP contribution in [-0.4, -0.2) is 32.1 Å². The maximum Gasteiger partial charge on any atom is 0.213 e. The largest absolute Gasteiger partial charge is 0.374 e. The zero-order valence-electron chi connectivity index (χ0n) is 9.30. The Balaban J connectivity index is 2.05. The van der Waals surface area contributed by atoms with Gasteiger partial charge in [-0.25, -0.2) is 13.1 Å². The Kier molecular flexibility index (Phi) is 3.60. The number of hydrogen-bond acceptors (Lipinski definition) is 5. The fourth-order valence-electron chi connectivity index (χ4n) is 1.42. The fourth-order valence-corrected chi connectivity index (χ4v) is 2.78. The van der Waals surface area contributed by atoms with E-state index in [2.05, 4.69) is 14.4 Å². The standard InChI is InChI=1S/C10H13N3O2S2/c1-11-17(14,15)7-6-12-10-8-4-2-3-5-9(8)13-16-10/h2-5,11-12H,6-7H2,1H3. The molecule has 7 heteroatoms. The van der Waals surface area contributed by atoms with Crippen molar-refractivity contribution in [1.29, 1.82) is 0 Å². The average Bonchev–Trinajstić information content (AvgIpc) is 2.73. The molecule has 92 valence electrons. The maximum atomic E-state index is 11.2. The molecule has 2 aromatic rings. The molecule has 0 radical (unpaired) electrons. The van der Waals surface area contributed by atoms with Crippen LogP contribution >= 0.6 is 11.5 Å². The summed E-state index contributed by atoms with van der Waals surface area (Å²) in [6, 6.07) is 7.76. The molecule has 0 aliphatic heterocycles. The van der Waals surface area contributed by atoms with E-state index in [4.69, 9.17) is 0 Å². The summed E-state index contributed by atoms with van der Waals surface area (Å²) in [5, 5.41) is 5.03. The molecule has 1 aromatic heterocycles. The zero-order chi connectivity index (χ0) is 12.3. The first-order valence-corrected chi connectivity index (χ1v) is 7.54. The highest BCUT2D eigenvalue weighted by Gasteiger charge is 2.08. The minimum Gasteiger partial charge on any atom is -0.374 e. The van der Waals surface area contributed by atoms with Crippen LogP contribution in [0.15, 0.2) is 24.3 Å². The summed E-state index contributed by atoms with van der Waals surface area (Å²) in [5.41, 5.74) is 0.927. The topological polar surface area (TPSA) is 71.1 Å². The van der Waals surface area contributed by atoms with Crippen LogP contribution in [0.5, 0.6) is 0 Å². The Morgan fingerprint density at radius 3 is 2.88 bits per heavy atom. The van der Waals surface area contributed by atoms with Gasteiger partial charge in [-0.1, -0.05) is 12.1 Å². The van der Waals surface area contributed by atoms with E-state index in [9.17, 15) is 8.42 Å². The van der Waals surface area contributed by atoms with Gasteiger partial charge in [0.2, 0.25) is 10.0 Å². The minimum atomic E-state index is -3.15. The van der Waals surface area contributed by atoms with Gasteiger partial charge in [-0.15, -0.1) is 0 Å². The van der Waals surface area contributed by atoms with E-state index in [1.54, 1.807) is 0 Å². The molecule has 1 aromatic carbocycles. The van der Waals surface area contributed by atoms with Gasteiger partial charge in [0, 0.05) is 11.9 Å². The molecule has 0 spiro atoms. The predicted molar refractivity (Wildman–Crippen MR) is 71.0 cm³/mol. The first-order chi connectivity index (χ1) is 8.12. The highest BCUT2D eigenvalue weighted by molar-refractivity contribution is 7.89. The number of fused-ring (bicyclic) bond motifs is 1. The van der Waals surface area contributed by atoms with Crippen molar-refractivity contribution in [1.82, 2.24) is 9.10 Å². The van der Waals surface area contributed by atoms with Crippen molar-refractivity contribution in [2.75, 3.05) is 24.7 Å². The summed E-state index contributed by atoms with van der Waals surface area (Å²) in [4.78, 5) is 0. The predicted octanol–water partition coefficient (Wildman–Crippen LogP) is 1.26. The van der Waals surface area contributed by atoms with E-state index >= 15 is 0 Å². The monoisotopic (exact) mass is 271 g/mol. The van der Waals surface area contributed by atoms with E-state index < -0.39 is 10.0 Å². The van der Waals surface area contributed by atoms with Crippen molar-refractivity contribution in [3.05, 3.63) is 24.3 Å². The Bertz CT molecular complexity index is 607. The zero-order valence-corrected chi connectivity index (χ0v) is 10.9. The van der Waals surface area contributed by atoms with Gasteiger partial charge < -0.3 is 5.32 Å². The molecule has 5 nitrogen and oxygen atoms in total. The molecule has 0 saturated heterocycles. The van der Waals surface area contributed by atoms with Crippen LogP contribution in [0.4, 0.5) is 5.00 Å². The summed E-state index contributed by atoms with van der Waals surface area (Å²) < 4.78 is 29.0. The Hall–Kier alpha value is -1.18. The lowest BCUT2D eigenvalue weighted by Gasteiger charge is -2.04. The van der Waals surface area contributed by atoms with Crippen LogP contribution in [0.2, 0.25) is 0 Å². The van der Waals surface area contributed by atoms with Gasteiger partial charge in [-0.3, -0.25) is 0 Å². The molecular weight excluding hydrogens is 258 g/mol. The third-order valence-electron chi connectivity index (χ3n) is 2.35. The average molecular weight is 271 g/mol. The van der Waals surface area contributed by atoms with Gasteiger partial charge in [0.25, 0.3) is 0 Å². The van der Waals surface area contributed by atoms with Crippen molar-refractivity contribution < 1.29 is 8.42 Å². The number of nitrogens with one attached hydrogen (secondary N) is 2. The van der Waals surface area contributed by atoms with Gasteiger partial charge in [-0.05, 0) is 30.7 Å². The van der Waals surface area contributed by atoms with Gasteiger partial charge in [0.1, 0.15) is 5.00 Å². The van der Waals surface area contributed by atoms with Gasteiger partial charge in [0.05, 0.1) is 11.3 Å². The van der Waals surface area contributed by atoms with Crippen LogP contribution in [0.25, 0.3) is 10.9 Å². The lowest BCUT2D eigenvalue weighted by Crippen LogP contribution is -2.26. The van der Waals surface area contributed by atoms with Gasteiger partial charge in [-0.2, -0.15) is 4.37 Å². The van der Waals surface area contributed by atoms with Crippen molar-refractivity contribution in [3.8, 4) is 0 Å². The first kappa shape index (κ1) is 12.3. The number of nitrogens with zero attached hydrogens (tertiary/aromatic N) is 1. The molecule has 0 aliphatic carbocycles. The molecule has 2 N–H and O–H groups in total. The second kappa shape index (κ2) is 4.99. The number of anilines is 1. The molecule has 1 heterocycles. The normalized spacial score (nSPS) is 11.8. The number of rotatable bonds is 5. The molecule has 0 unspecified atom stereocenters. The molecular formula is C10H13N3O2S2. The Morgan fingerprint density at radius 1 is 1.35 bits per heavy atom. The highest BCUT2D eigenvalue weighted by atomic mass is 32.2. The third-order valence-corrected chi connectivity index (χ3v) is 4.55. The van der Waals surface area contributed by atoms with E-state index in [0.29, 0.717) is 6.54 Å². The SMILES string of the molecule is CNS(=O)(=O)CCNc1snc2ccccc12. The second-order valence-corrected chi connectivity index (χ2v) is 6.30. The Morgan fingerprint density at radius 2 is 2.12 bits per heavy atom. The van der Waals surface area contributed by atoms with Crippen LogP contribution in [0.1, 0.15) is 0 Å². The van der Waals surface area contributed by atoms with Gasteiger partial charge in [0.15, 0.2) is 0 Å². The molecule has 0 saturated carbocycles. The van der Waals surface area contributed by atoms with Crippen molar-refractivity contribution in [2.24, 2.45) is 0 Å². The van der Waals surface area contributed by atoms with E-state index in [1.807, 2.05) is 24.3 Å². The lowest BCUT2D eigenvalue weighted by molar-refractivity contribution is 0.588. The number of hydrogen-bond donors (Lipinski definition) is 2. The van der Waals surface area contributed by atoms with E-state index in [0.717, 1.165) is 15.9 Å². The summed E-state index contributed by atoms with van der Waals surface area (Å²) in [6.07, 6.45) is 0. The molecule has 0 bridgehead atoms. The summed E-state index contributed by atoms with van der Waals surface area (Å²) >= 11 is 1.34. The molecule has 2 rings (SSSR count). The molecule has 17 heavy (non-hydrogen) atoms. The summed E-state index contributed by atoms with van der Waals surface area (Å²) in [6.45, 7) is 0.370. The Labute approximate surface area is 104 Å². The van der Waals surface area contributed by atoms with Crippen LogP contribution in [-0.2, 0) is 10.0 Å². The smallest absolute Gasteiger partial charge is 0.213 e. The number of sulfonamides is 1. The van der Waals surface area contributed by atoms with Gasteiger partial charge >= 0.3 is 0 Å². The second-order valence-electron chi connectivity index (χ2n) is 3.48.